The Labute approximate surface area is 190 Å². The molecule has 0 aliphatic rings. The summed E-state index contributed by atoms with van der Waals surface area (Å²) in [5.74, 6) is 0.708. The molecule has 1 heterocycles. The molecule has 1 amide bonds. The van der Waals surface area contributed by atoms with Crippen molar-refractivity contribution in [3.8, 4) is 5.75 Å². The van der Waals surface area contributed by atoms with Crippen molar-refractivity contribution < 1.29 is 9.53 Å². The zero-order valence-corrected chi connectivity index (χ0v) is 19.9. The average Bonchev–Trinajstić information content (AvgIpc) is 2.97. The van der Waals surface area contributed by atoms with Crippen LogP contribution in [-0.4, -0.2) is 28.8 Å². The van der Waals surface area contributed by atoms with Crippen LogP contribution in [0.3, 0.4) is 0 Å². The second kappa shape index (κ2) is 9.78. The number of benzene rings is 2. The monoisotopic (exact) mass is 483 g/mol. The zero-order valence-electron chi connectivity index (χ0n) is 18.3. The van der Waals surface area contributed by atoms with Crippen LogP contribution >= 0.6 is 15.9 Å². The normalized spacial score (nSPS) is 11.4. The van der Waals surface area contributed by atoms with Crippen LogP contribution in [0.4, 0.5) is 5.69 Å². The van der Waals surface area contributed by atoms with Crippen LogP contribution in [0.2, 0.25) is 0 Å². The lowest BCUT2D eigenvalue weighted by Gasteiger charge is -2.15. The Hall–Kier alpha value is -3.13. The number of amides is 1. The first-order valence-corrected chi connectivity index (χ1v) is 10.6. The van der Waals surface area contributed by atoms with Crippen LogP contribution in [0.1, 0.15) is 32.9 Å². The molecule has 7 nitrogen and oxygen atoms in total. The fraction of sp³-hybridized carbons (Fsp3) is 0.261. The number of aromatic nitrogens is 2. The molecule has 0 saturated heterocycles. The first-order valence-electron chi connectivity index (χ1n) is 9.81. The van der Waals surface area contributed by atoms with Crippen LogP contribution in [0.5, 0.6) is 5.75 Å². The summed E-state index contributed by atoms with van der Waals surface area (Å²) >= 11 is 3.43. The molecule has 8 heteroatoms. The van der Waals surface area contributed by atoms with E-state index < -0.39 is 0 Å². The molecule has 3 aromatic rings. The van der Waals surface area contributed by atoms with Gasteiger partial charge in [0.15, 0.2) is 0 Å². The van der Waals surface area contributed by atoms with E-state index in [1.165, 1.54) is 0 Å². The number of nitrogens with zero attached hydrogens (tertiary/aromatic N) is 3. The minimum atomic E-state index is -0.273. The van der Waals surface area contributed by atoms with Crippen molar-refractivity contribution in [1.29, 1.82) is 0 Å². The molecule has 0 radical (unpaired) electrons. The maximum atomic E-state index is 12.9. The van der Waals surface area contributed by atoms with Gasteiger partial charge < -0.3 is 10.1 Å². The zero-order chi connectivity index (χ0) is 22.5. The molecule has 0 saturated carbocycles. The second-order valence-corrected chi connectivity index (χ2v) is 8.05. The van der Waals surface area contributed by atoms with Gasteiger partial charge in [-0.1, -0.05) is 18.2 Å². The third-order valence-corrected chi connectivity index (χ3v) is 5.70. The molecule has 2 aromatic carbocycles. The number of guanidine groups is 1. The van der Waals surface area contributed by atoms with Gasteiger partial charge >= 0.3 is 0 Å². The van der Waals surface area contributed by atoms with Crippen molar-refractivity contribution in [1.82, 2.24) is 15.1 Å². The number of aliphatic imine (C=N–C) groups is 1. The lowest BCUT2D eigenvalue weighted by atomic mass is 10.2. The molecule has 2 N–H and O–H groups in total. The summed E-state index contributed by atoms with van der Waals surface area (Å²) < 4.78 is 8.00. The smallest absolute Gasteiger partial charge is 0.259 e. The highest BCUT2D eigenvalue weighted by molar-refractivity contribution is 9.10. The Balaban J connectivity index is 1.94. The fourth-order valence-corrected chi connectivity index (χ4v) is 3.65. The third kappa shape index (κ3) is 5.32. The summed E-state index contributed by atoms with van der Waals surface area (Å²) in [6.07, 6.45) is 0. The highest BCUT2D eigenvalue weighted by Gasteiger charge is 2.15. The summed E-state index contributed by atoms with van der Waals surface area (Å²) in [4.78, 5) is 17.6. The van der Waals surface area contributed by atoms with Crippen molar-refractivity contribution in [2.75, 3.05) is 12.4 Å². The summed E-state index contributed by atoms with van der Waals surface area (Å²) in [7, 11) is 3.51. The fourth-order valence-electron chi connectivity index (χ4n) is 3.18. The number of halogens is 1. The number of methoxy groups -OCH3 is 1. The van der Waals surface area contributed by atoms with Crippen LogP contribution in [-0.2, 0) is 13.6 Å². The Morgan fingerprint density at radius 3 is 2.58 bits per heavy atom. The third-order valence-electron chi connectivity index (χ3n) is 5.01. The van der Waals surface area contributed by atoms with E-state index in [4.69, 9.17) is 4.74 Å². The summed E-state index contributed by atoms with van der Waals surface area (Å²) in [5.41, 5.74) is 5.25. The van der Waals surface area contributed by atoms with Crippen molar-refractivity contribution in [2.24, 2.45) is 12.0 Å². The van der Waals surface area contributed by atoms with Gasteiger partial charge in [-0.25, -0.2) is 4.99 Å². The molecule has 0 atom stereocenters. The van der Waals surface area contributed by atoms with E-state index in [2.05, 4.69) is 36.7 Å². The first-order chi connectivity index (χ1) is 14.8. The quantitative estimate of drug-likeness (QED) is 0.413. The number of carbonyl (C=O) groups is 1. The number of rotatable bonds is 5. The van der Waals surface area contributed by atoms with Gasteiger partial charge in [-0.2, -0.15) is 5.10 Å². The van der Waals surface area contributed by atoms with Gasteiger partial charge in [-0.3, -0.25) is 14.8 Å². The minimum Gasteiger partial charge on any atom is -0.495 e. The van der Waals surface area contributed by atoms with Gasteiger partial charge in [0.2, 0.25) is 5.96 Å². The molecule has 31 heavy (non-hydrogen) atoms. The SMILES string of the molecule is COc1ccc(C)cc1NC(=NCc1c(C)nn(C)c1C)NC(=O)c1ccccc1Br. The molecular weight excluding hydrogens is 458 g/mol. The molecule has 3 rings (SSSR count). The lowest BCUT2D eigenvalue weighted by molar-refractivity contribution is 0.0976. The van der Waals surface area contributed by atoms with Crippen molar-refractivity contribution in [2.45, 2.75) is 27.3 Å². The molecular formula is C23H26BrN5O2. The summed E-state index contributed by atoms with van der Waals surface area (Å²) in [6, 6.07) is 13.0. The van der Waals surface area contributed by atoms with Gasteiger partial charge in [-0.05, 0) is 66.5 Å². The molecule has 0 aliphatic carbocycles. The number of hydrogen-bond acceptors (Lipinski definition) is 4. The van der Waals surface area contributed by atoms with E-state index in [1.807, 2.05) is 68.9 Å². The van der Waals surface area contributed by atoms with Gasteiger partial charge in [0.05, 0.1) is 30.6 Å². The maximum absolute atomic E-state index is 12.9. The van der Waals surface area contributed by atoms with Crippen LogP contribution in [0, 0.1) is 20.8 Å². The number of ether oxygens (including phenoxy) is 1. The maximum Gasteiger partial charge on any atom is 0.259 e. The van der Waals surface area contributed by atoms with Crippen molar-refractivity contribution >= 4 is 33.5 Å². The standard InChI is InChI=1S/C23H26BrN5O2/c1-14-10-11-21(31-5)20(12-14)26-23(25-13-18-15(2)28-29(4)16(18)3)27-22(30)17-8-6-7-9-19(17)24/h6-12H,13H2,1-5H3,(H2,25,26,27,30). The predicted molar refractivity (Wildman–Crippen MR) is 127 cm³/mol. The average molecular weight is 484 g/mol. The van der Waals surface area contributed by atoms with E-state index >= 15 is 0 Å². The van der Waals surface area contributed by atoms with E-state index in [-0.39, 0.29) is 5.91 Å². The topological polar surface area (TPSA) is 80.5 Å². The first kappa shape index (κ1) is 22.6. The molecule has 0 fully saturated rings. The van der Waals surface area contributed by atoms with E-state index in [0.717, 1.165) is 22.5 Å². The summed E-state index contributed by atoms with van der Waals surface area (Å²) in [6.45, 7) is 6.32. The van der Waals surface area contributed by atoms with E-state index in [9.17, 15) is 4.79 Å². The lowest BCUT2D eigenvalue weighted by Crippen LogP contribution is -2.36. The molecule has 0 unspecified atom stereocenters. The number of aryl methyl sites for hydroxylation is 3. The predicted octanol–water partition coefficient (Wildman–Crippen LogP) is 4.51. The Morgan fingerprint density at radius 1 is 1.19 bits per heavy atom. The van der Waals surface area contributed by atoms with Gasteiger partial charge in [0.25, 0.3) is 5.91 Å². The van der Waals surface area contributed by atoms with Gasteiger partial charge in [0.1, 0.15) is 5.75 Å². The largest absolute Gasteiger partial charge is 0.495 e. The second-order valence-electron chi connectivity index (χ2n) is 7.20. The molecule has 0 spiro atoms. The van der Waals surface area contributed by atoms with Gasteiger partial charge in [-0.15, -0.1) is 0 Å². The highest BCUT2D eigenvalue weighted by Crippen LogP contribution is 2.25. The molecule has 0 bridgehead atoms. The van der Waals surface area contributed by atoms with E-state index in [0.29, 0.717) is 34.0 Å². The van der Waals surface area contributed by atoms with Crippen molar-refractivity contribution in [3.63, 3.8) is 0 Å². The highest BCUT2D eigenvalue weighted by atomic mass is 79.9. The van der Waals surface area contributed by atoms with Crippen molar-refractivity contribution in [3.05, 3.63) is 75.0 Å². The van der Waals surface area contributed by atoms with Crippen LogP contribution < -0.4 is 15.4 Å². The van der Waals surface area contributed by atoms with Gasteiger partial charge in [0, 0.05) is 22.8 Å². The molecule has 1 aromatic heterocycles. The van der Waals surface area contributed by atoms with E-state index in [1.54, 1.807) is 13.2 Å². The number of carbonyl (C=O) groups excluding carboxylic acids is 1. The number of anilines is 1. The Kier molecular flexibility index (Phi) is 7.12. The number of hydrogen-bond donors (Lipinski definition) is 2. The molecule has 162 valence electrons. The molecule has 0 aliphatic heterocycles. The van der Waals surface area contributed by atoms with Crippen LogP contribution in [0.15, 0.2) is 51.9 Å². The Bertz CT molecular complexity index is 1140. The number of nitrogens with one attached hydrogen (secondary N) is 2. The summed E-state index contributed by atoms with van der Waals surface area (Å²) in [5, 5.41) is 10.6. The van der Waals surface area contributed by atoms with Crippen LogP contribution in [0.25, 0.3) is 0 Å². The Morgan fingerprint density at radius 2 is 1.94 bits per heavy atom. The minimum absolute atomic E-state index is 0.273.